The highest BCUT2D eigenvalue weighted by Gasteiger charge is 2.01. The molecule has 0 atom stereocenters. The Labute approximate surface area is 122 Å². The van der Waals surface area contributed by atoms with E-state index in [-0.39, 0.29) is 0 Å². The first-order valence-corrected chi connectivity index (χ1v) is 7.86. The van der Waals surface area contributed by atoms with Gasteiger partial charge in [-0.2, -0.15) is 0 Å². The molecule has 0 heterocycles. The molecule has 0 aromatic heterocycles. The first kappa shape index (κ1) is 16.3. The lowest BCUT2D eigenvalue weighted by Crippen LogP contribution is -3.11. The first-order valence-electron chi connectivity index (χ1n) is 7.48. The molecule has 0 radical (unpaired) electrons. The molecule has 0 aliphatic carbocycles. The van der Waals surface area contributed by atoms with Gasteiger partial charge in [0.05, 0.1) is 26.2 Å². The molecule has 2 nitrogen and oxygen atoms in total. The van der Waals surface area contributed by atoms with Crippen LogP contribution in [0.4, 0.5) is 0 Å². The third kappa shape index (κ3) is 7.44. The van der Waals surface area contributed by atoms with Crippen LogP contribution in [0.25, 0.3) is 0 Å². The van der Waals surface area contributed by atoms with Crippen LogP contribution in [0.3, 0.4) is 0 Å². The van der Waals surface area contributed by atoms with Gasteiger partial charge in [0.25, 0.3) is 0 Å². The summed E-state index contributed by atoms with van der Waals surface area (Å²) in [4.78, 5) is 1.70. The average Bonchev–Trinajstić information content (AvgIpc) is 2.42. The van der Waals surface area contributed by atoms with E-state index in [9.17, 15) is 0 Å². The molecule has 0 aliphatic rings. The molecule has 0 saturated heterocycles. The average molecular weight is 285 g/mol. The minimum Gasteiger partial charge on any atom is -0.494 e. The van der Waals surface area contributed by atoms with Crippen LogP contribution in [0.2, 0.25) is 5.02 Å². The molecule has 1 aromatic rings. The topological polar surface area (TPSA) is 13.7 Å². The molecule has 1 rings (SSSR count). The quantitative estimate of drug-likeness (QED) is 0.652. The van der Waals surface area contributed by atoms with Gasteiger partial charge in [0.15, 0.2) is 0 Å². The second-order valence-corrected chi connectivity index (χ2v) is 5.36. The molecule has 0 bridgehead atoms. The van der Waals surface area contributed by atoms with Crippen LogP contribution in [0, 0.1) is 0 Å². The highest BCUT2D eigenvalue weighted by molar-refractivity contribution is 6.30. The second kappa shape index (κ2) is 10.1. The number of halogens is 1. The zero-order chi connectivity index (χ0) is 13.9. The van der Waals surface area contributed by atoms with E-state index in [0.717, 1.165) is 23.8 Å². The smallest absolute Gasteiger partial charge is 0.120 e. The largest absolute Gasteiger partial charge is 0.494 e. The Bertz CT molecular complexity index is 339. The Kier molecular flexibility index (Phi) is 8.68. The van der Waals surface area contributed by atoms with E-state index in [2.05, 4.69) is 13.8 Å². The molecule has 0 saturated carbocycles. The van der Waals surface area contributed by atoms with Crippen molar-refractivity contribution in [3.63, 3.8) is 0 Å². The van der Waals surface area contributed by atoms with Gasteiger partial charge in [-0.1, -0.05) is 17.7 Å². The summed E-state index contributed by atoms with van der Waals surface area (Å²) in [6, 6.07) is 7.61. The molecule has 108 valence electrons. The van der Waals surface area contributed by atoms with Crippen LogP contribution in [-0.2, 0) is 0 Å². The fraction of sp³-hybridized carbons (Fsp3) is 0.625. The predicted octanol–water partition coefficient (Wildman–Crippen LogP) is 3.20. The summed E-state index contributed by atoms with van der Waals surface area (Å²) in [5.74, 6) is 0.875. The minimum atomic E-state index is 0.736. The lowest BCUT2D eigenvalue weighted by atomic mass is 10.2. The molecule has 3 heteroatoms. The van der Waals surface area contributed by atoms with Gasteiger partial charge < -0.3 is 9.64 Å². The van der Waals surface area contributed by atoms with Crippen LogP contribution < -0.4 is 9.64 Å². The van der Waals surface area contributed by atoms with E-state index in [0.29, 0.717) is 0 Å². The maximum Gasteiger partial charge on any atom is 0.120 e. The van der Waals surface area contributed by atoms with Crippen molar-refractivity contribution in [2.75, 3.05) is 26.2 Å². The summed E-state index contributed by atoms with van der Waals surface area (Å²) < 4.78 is 5.67. The molecular formula is C16H27ClNO+. The van der Waals surface area contributed by atoms with Gasteiger partial charge in [0.2, 0.25) is 0 Å². The minimum absolute atomic E-state index is 0.736. The third-order valence-electron chi connectivity index (χ3n) is 3.49. The predicted molar refractivity (Wildman–Crippen MR) is 82.3 cm³/mol. The summed E-state index contributed by atoms with van der Waals surface area (Å²) in [7, 11) is 0. The fourth-order valence-electron chi connectivity index (χ4n) is 2.18. The molecule has 0 aliphatic heterocycles. The summed E-state index contributed by atoms with van der Waals surface area (Å²) >= 11 is 5.90. The summed E-state index contributed by atoms with van der Waals surface area (Å²) in [5.41, 5.74) is 0. The van der Waals surface area contributed by atoms with Crippen molar-refractivity contribution in [2.24, 2.45) is 0 Å². The zero-order valence-corrected chi connectivity index (χ0v) is 13.0. The standard InChI is InChI=1S/C16H26ClNO/c1-3-18(4-2)12-7-5-6-8-13-19-16-11-9-10-15(17)14-16/h9-11,14H,3-8,12-13H2,1-2H3/p+1. The van der Waals surface area contributed by atoms with Crippen molar-refractivity contribution in [1.29, 1.82) is 0 Å². The normalized spacial score (nSPS) is 10.9. The summed E-state index contributed by atoms with van der Waals surface area (Å²) in [6.45, 7) is 9.11. The molecule has 0 amide bonds. The number of nitrogens with one attached hydrogen (secondary N) is 1. The van der Waals surface area contributed by atoms with E-state index in [4.69, 9.17) is 16.3 Å². The molecule has 0 unspecified atom stereocenters. The van der Waals surface area contributed by atoms with E-state index in [1.54, 1.807) is 4.90 Å². The lowest BCUT2D eigenvalue weighted by molar-refractivity contribution is -0.896. The van der Waals surface area contributed by atoms with Gasteiger partial charge in [-0.05, 0) is 57.7 Å². The molecule has 19 heavy (non-hydrogen) atoms. The number of hydrogen-bond donors (Lipinski definition) is 1. The van der Waals surface area contributed by atoms with Crippen molar-refractivity contribution in [3.05, 3.63) is 29.3 Å². The maximum absolute atomic E-state index is 5.90. The molecule has 0 fully saturated rings. The number of quaternary nitrogens is 1. The summed E-state index contributed by atoms with van der Waals surface area (Å²) in [5, 5.41) is 0.736. The lowest BCUT2D eigenvalue weighted by Gasteiger charge is -2.14. The monoisotopic (exact) mass is 284 g/mol. The molecular weight excluding hydrogens is 258 g/mol. The van der Waals surface area contributed by atoms with Crippen molar-refractivity contribution in [2.45, 2.75) is 39.5 Å². The fourth-order valence-corrected chi connectivity index (χ4v) is 2.36. The van der Waals surface area contributed by atoms with Crippen molar-refractivity contribution < 1.29 is 9.64 Å². The number of benzene rings is 1. The van der Waals surface area contributed by atoms with E-state index >= 15 is 0 Å². The number of ether oxygens (including phenoxy) is 1. The zero-order valence-electron chi connectivity index (χ0n) is 12.3. The summed E-state index contributed by atoms with van der Waals surface area (Å²) in [6.07, 6.45) is 5.01. The Morgan fingerprint density at radius 3 is 2.47 bits per heavy atom. The highest BCUT2D eigenvalue weighted by Crippen LogP contribution is 2.17. The van der Waals surface area contributed by atoms with Crippen LogP contribution in [0.15, 0.2) is 24.3 Å². The van der Waals surface area contributed by atoms with E-state index in [1.165, 1.54) is 38.9 Å². The maximum atomic E-state index is 5.90. The van der Waals surface area contributed by atoms with Crippen LogP contribution in [0.1, 0.15) is 39.5 Å². The number of hydrogen-bond acceptors (Lipinski definition) is 1. The third-order valence-corrected chi connectivity index (χ3v) is 3.72. The van der Waals surface area contributed by atoms with E-state index < -0.39 is 0 Å². The van der Waals surface area contributed by atoms with Gasteiger partial charge >= 0.3 is 0 Å². The molecule has 1 N–H and O–H groups in total. The van der Waals surface area contributed by atoms with Crippen molar-refractivity contribution >= 4 is 11.6 Å². The van der Waals surface area contributed by atoms with Crippen LogP contribution >= 0.6 is 11.6 Å². The van der Waals surface area contributed by atoms with Gasteiger partial charge in [0, 0.05) is 5.02 Å². The Balaban J connectivity index is 1.99. The second-order valence-electron chi connectivity index (χ2n) is 4.93. The number of rotatable bonds is 10. The Hall–Kier alpha value is -0.730. The molecule has 0 spiro atoms. The van der Waals surface area contributed by atoms with Gasteiger partial charge in [-0.25, -0.2) is 0 Å². The van der Waals surface area contributed by atoms with Crippen LogP contribution in [0.5, 0.6) is 5.75 Å². The van der Waals surface area contributed by atoms with Gasteiger partial charge in [-0.3, -0.25) is 0 Å². The number of unbranched alkanes of at least 4 members (excludes halogenated alkanes) is 3. The van der Waals surface area contributed by atoms with E-state index in [1.807, 2.05) is 24.3 Å². The SMILES string of the molecule is CC[NH+](CC)CCCCCCOc1cccc(Cl)c1. The molecule has 1 aromatic carbocycles. The first-order chi connectivity index (χ1) is 9.26. The van der Waals surface area contributed by atoms with Gasteiger partial charge in [-0.15, -0.1) is 0 Å². The highest BCUT2D eigenvalue weighted by atomic mass is 35.5. The van der Waals surface area contributed by atoms with Crippen molar-refractivity contribution in [3.8, 4) is 5.75 Å². The van der Waals surface area contributed by atoms with Crippen molar-refractivity contribution in [1.82, 2.24) is 0 Å². The van der Waals surface area contributed by atoms with Crippen LogP contribution in [-0.4, -0.2) is 26.2 Å². The Morgan fingerprint density at radius 2 is 1.79 bits per heavy atom. The van der Waals surface area contributed by atoms with Gasteiger partial charge in [0.1, 0.15) is 5.75 Å². The Morgan fingerprint density at radius 1 is 1.05 bits per heavy atom.